The summed E-state index contributed by atoms with van der Waals surface area (Å²) in [5.41, 5.74) is 1.29. The van der Waals surface area contributed by atoms with Crippen LogP contribution in [0.2, 0.25) is 0 Å². The Morgan fingerprint density at radius 2 is 1.97 bits per heavy atom. The van der Waals surface area contributed by atoms with Crippen molar-refractivity contribution in [1.29, 1.82) is 0 Å². The molecule has 3 heterocycles. The second kappa shape index (κ2) is 8.71. The molecule has 0 radical (unpaired) electrons. The van der Waals surface area contributed by atoms with E-state index >= 15 is 0 Å². The van der Waals surface area contributed by atoms with Crippen LogP contribution in [0.1, 0.15) is 52.3 Å². The number of piperazine rings is 1. The molecule has 4 rings (SSSR count). The minimum atomic E-state index is -0.841. The Hall–Kier alpha value is -3.33. The maximum atomic E-state index is 13.2. The number of amides is 2. The molecule has 0 aliphatic carbocycles. The number of aromatic amines is 1. The highest BCUT2D eigenvalue weighted by Gasteiger charge is 2.48. The van der Waals surface area contributed by atoms with Gasteiger partial charge in [-0.1, -0.05) is 19.9 Å². The number of aromatic nitrogens is 1. The zero-order valence-corrected chi connectivity index (χ0v) is 20.8. The smallest absolute Gasteiger partial charge is 0.428 e. The Morgan fingerprint density at radius 1 is 1.26 bits per heavy atom. The van der Waals surface area contributed by atoms with Gasteiger partial charge in [0.1, 0.15) is 23.4 Å². The number of benzene rings is 1. The van der Waals surface area contributed by atoms with Crippen LogP contribution in [0.4, 0.5) is 4.79 Å². The van der Waals surface area contributed by atoms with E-state index < -0.39 is 35.4 Å². The van der Waals surface area contributed by atoms with Gasteiger partial charge in [0.2, 0.25) is 11.8 Å². The van der Waals surface area contributed by atoms with Crippen LogP contribution in [0.3, 0.4) is 0 Å². The second-order valence-corrected chi connectivity index (χ2v) is 10.8. The number of fused-ring (bicyclic) bond motifs is 2. The number of hydrogen-bond donors (Lipinski definition) is 3. The zero-order valence-electron chi connectivity index (χ0n) is 20.8. The molecular weight excluding hydrogens is 450 g/mol. The van der Waals surface area contributed by atoms with Gasteiger partial charge < -0.3 is 29.8 Å². The van der Waals surface area contributed by atoms with Gasteiger partial charge in [0.25, 0.3) is 0 Å². The highest BCUT2D eigenvalue weighted by molar-refractivity contribution is 5.98. The van der Waals surface area contributed by atoms with E-state index in [2.05, 4.69) is 16.9 Å². The van der Waals surface area contributed by atoms with Crippen molar-refractivity contribution in [2.45, 2.75) is 76.7 Å². The summed E-state index contributed by atoms with van der Waals surface area (Å²) in [5.74, 6) is -0.219. The van der Waals surface area contributed by atoms with Gasteiger partial charge in [-0.15, -0.1) is 6.58 Å². The van der Waals surface area contributed by atoms with Crippen LogP contribution in [0.25, 0.3) is 10.9 Å². The molecule has 188 valence electrons. The first-order chi connectivity index (χ1) is 16.3. The highest BCUT2D eigenvalue weighted by Crippen LogP contribution is 2.36. The highest BCUT2D eigenvalue weighted by atomic mass is 16.7. The van der Waals surface area contributed by atoms with Crippen molar-refractivity contribution in [3.63, 3.8) is 0 Å². The van der Waals surface area contributed by atoms with E-state index in [1.807, 2.05) is 26.0 Å². The van der Waals surface area contributed by atoms with Crippen LogP contribution in [0.5, 0.6) is 5.75 Å². The van der Waals surface area contributed by atoms with E-state index in [-0.39, 0.29) is 18.2 Å². The Morgan fingerprint density at radius 3 is 2.63 bits per heavy atom. The maximum Gasteiger partial charge on any atom is 0.514 e. The lowest BCUT2D eigenvalue weighted by Gasteiger charge is -2.35. The third kappa shape index (κ3) is 4.77. The van der Waals surface area contributed by atoms with E-state index in [1.165, 1.54) is 4.90 Å². The van der Waals surface area contributed by atoms with Crippen molar-refractivity contribution >= 4 is 28.9 Å². The molecule has 2 aliphatic rings. The van der Waals surface area contributed by atoms with Crippen LogP contribution in [-0.2, 0) is 26.2 Å². The van der Waals surface area contributed by atoms with Crippen LogP contribution in [-0.4, -0.2) is 63.3 Å². The molecule has 1 aromatic carbocycles. The predicted octanol–water partition coefficient (Wildman–Crippen LogP) is 2.95. The number of nitrogens with one attached hydrogen (secondary N) is 2. The van der Waals surface area contributed by atoms with Crippen LogP contribution < -0.4 is 10.1 Å². The molecule has 9 nitrogen and oxygen atoms in total. The maximum absolute atomic E-state index is 13.2. The largest absolute Gasteiger partial charge is 0.514 e. The number of carbonyl (C=O) groups is 3. The number of hydrogen-bond acceptors (Lipinski definition) is 6. The summed E-state index contributed by atoms with van der Waals surface area (Å²) in [6.07, 6.45) is 0.828. The number of allylic oxidation sites excluding steroid dienone is 1. The van der Waals surface area contributed by atoms with Crippen molar-refractivity contribution in [3.05, 3.63) is 42.1 Å². The average Bonchev–Trinajstić information content (AvgIpc) is 3.32. The van der Waals surface area contributed by atoms with Gasteiger partial charge in [-0.25, -0.2) is 4.79 Å². The minimum absolute atomic E-state index is 0.201. The standard InChI is InChI=1S/C26H33N3O6/c1-7-26(5,6)21-16(13-18-23(32)29-11-10-19(30)20(29)22(31)28-18)15-9-8-14(12-17(15)27-21)34-24(33)35-25(2,3)4/h7-9,12,18-20,27,30H,1,10-11,13H2,2-6H3,(H,28,31)/t18?,19-,20+/m1/s1. The fourth-order valence-electron chi connectivity index (χ4n) is 4.73. The Labute approximate surface area is 204 Å². The van der Waals surface area contributed by atoms with Gasteiger partial charge >= 0.3 is 6.16 Å². The minimum Gasteiger partial charge on any atom is -0.428 e. The van der Waals surface area contributed by atoms with Crippen molar-refractivity contribution in [2.24, 2.45) is 0 Å². The van der Waals surface area contributed by atoms with Crippen molar-refractivity contribution < 1.29 is 29.0 Å². The molecule has 3 atom stereocenters. The monoisotopic (exact) mass is 483 g/mol. The van der Waals surface area contributed by atoms with Crippen LogP contribution >= 0.6 is 0 Å². The number of rotatable bonds is 5. The molecule has 3 N–H and O–H groups in total. The summed E-state index contributed by atoms with van der Waals surface area (Å²) in [5, 5.41) is 13.8. The number of ether oxygens (including phenoxy) is 2. The van der Waals surface area contributed by atoms with Gasteiger partial charge in [-0.3, -0.25) is 9.59 Å². The number of aliphatic hydroxyl groups is 1. The van der Waals surface area contributed by atoms with Crippen molar-refractivity contribution in [3.8, 4) is 5.75 Å². The first-order valence-corrected chi connectivity index (χ1v) is 11.8. The molecule has 0 saturated carbocycles. The van der Waals surface area contributed by atoms with Crippen LogP contribution in [0, 0.1) is 0 Å². The molecule has 9 heteroatoms. The average molecular weight is 484 g/mol. The molecule has 1 aromatic heterocycles. The molecule has 2 aromatic rings. The Balaban J connectivity index is 1.68. The third-order valence-corrected chi connectivity index (χ3v) is 6.56. The molecule has 0 bridgehead atoms. The number of aliphatic hydroxyl groups excluding tert-OH is 1. The topological polar surface area (TPSA) is 121 Å². The molecule has 2 amide bonds. The quantitative estimate of drug-likeness (QED) is 0.342. The summed E-state index contributed by atoms with van der Waals surface area (Å²) < 4.78 is 10.6. The summed E-state index contributed by atoms with van der Waals surface area (Å²) in [4.78, 5) is 42.9. The predicted molar refractivity (Wildman–Crippen MR) is 130 cm³/mol. The van der Waals surface area contributed by atoms with Gasteiger partial charge in [0.15, 0.2) is 0 Å². The van der Waals surface area contributed by atoms with Crippen molar-refractivity contribution in [2.75, 3.05) is 6.54 Å². The number of nitrogens with zero attached hydrogens (tertiary/aromatic N) is 1. The van der Waals surface area contributed by atoms with Gasteiger partial charge in [-0.2, -0.15) is 0 Å². The first kappa shape index (κ1) is 24.8. The molecule has 2 fully saturated rings. The fraction of sp³-hybridized carbons (Fsp3) is 0.500. The fourth-order valence-corrected chi connectivity index (χ4v) is 4.73. The van der Waals surface area contributed by atoms with Crippen molar-refractivity contribution in [1.82, 2.24) is 15.2 Å². The summed E-state index contributed by atoms with van der Waals surface area (Å²) in [7, 11) is 0. The normalized spacial score (nSPS) is 22.7. The lowest BCUT2D eigenvalue weighted by molar-refractivity contribution is -0.149. The van der Waals surface area contributed by atoms with Gasteiger partial charge in [-0.05, 0) is 44.9 Å². The second-order valence-electron chi connectivity index (χ2n) is 10.8. The van der Waals surface area contributed by atoms with E-state index in [4.69, 9.17) is 9.47 Å². The van der Waals surface area contributed by atoms with Crippen LogP contribution in [0.15, 0.2) is 30.9 Å². The lowest BCUT2D eigenvalue weighted by atomic mass is 9.84. The number of H-pyrrole nitrogens is 1. The SMILES string of the molecule is C=CC(C)(C)c1[nH]c2cc(OC(=O)OC(C)(C)C)ccc2c1CC1NC(=O)[C@@H]2[C@H](O)CCN2C1=O. The van der Waals surface area contributed by atoms with E-state index in [0.717, 1.165) is 22.2 Å². The zero-order chi connectivity index (χ0) is 25.7. The van der Waals surface area contributed by atoms with E-state index in [9.17, 15) is 19.5 Å². The molecule has 2 saturated heterocycles. The van der Waals surface area contributed by atoms with E-state index in [1.54, 1.807) is 32.9 Å². The number of carbonyl (C=O) groups excluding carboxylic acids is 3. The van der Waals surface area contributed by atoms with E-state index in [0.29, 0.717) is 18.7 Å². The first-order valence-electron chi connectivity index (χ1n) is 11.8. The Bertz CT molecular complexity index is 1190. The third-order valence-electron chi connectivity index (χ3n) is 6.56. The molecule has 1 unspecified atom stereocenters. The lowest BCUT2D eigenvalue weighted by Crippen LogP contribution is -2.63. The molecule has 35 heavy (non-hydrogen) atoms. The summed E-state index contributed by atoms with van der Waals surface area (Å²) in [6, 6.07) is 3.63. The molecule has 0 spiro atoms. The van der Waals surface area contributed by atoms with Gasteiger partial charge in [0, 0.05) is 41.0 Å². The summed E-state index contributed by atoms with van der Waals surface area (Å²) >= 11 is 0. The molecular formula is C26H33N3O6. The molecule has 2 aliphatic heterocycles. The summed E-state index contributed by atoms with van der Waals surface area (Å²) in [6.45, 7) is 13.6. The van der Waals surface area contributed by atoms with Gasteiger partial charge in [0.05, 0.1) is 6.10 Å². The Kier molecular flexibility index (Phi) is 6.17.